The number of nitrogens with one attached hydrogen (secondary N) is 1. The minimum atomic E-state index is -0.328. The molecule has 0 bridgehead atoms. The van der Waals surface area contributed by atoms with Gasteiger partial charge < -0.3 is 11.1 Å². The van der Waals surface area contributed by atoms with Crippen molar-refractivity contribution < 1.29 is 9.18 Å². The maximum absolute atomic E-state index is 13.2. The summed E-state index contributed by atoms with van der Waals surface area (Å²) in [6.45, 7) is 1.79. The van der Waals surface area contributed by atoms with Gasteiger partial charge in [0, 0.05) is 10.2 Å². The van der Waals surface area contributed by atoms with Crippen molar-refractivity contribution in [3.05, 3.63) is 63.9 Å². The Kier molecular flexibility index (Phi) is 4.39. The SMILES string of the molecule is C[C@@H](NC(=O)c1cc(Br)ccc1N)c1cccc(F)c1. The zero-order valence-corrected chi connectivity index (χ0v) is 12.4. The Balaban J connectivity index is 2.17. The number of hydrogen-bond acceptors (Lipinski definition) is 2. The van der Waals surface area contributed by atoms with Crippen LogP contribution in [0.2, 0.25) is 0 Å². The summed E-state index contributed by atoms with van der Waals surface area (Å²) in [6, 6.07) is 10.9. The molecule has 104 valence electrons. The molecule has 1 atom stereocenters. The largest absolute Gasteiger partial charge is 0.398 e. The summed E-state index contributed by atoms with van der Waals surface area (Å²) in [7, 11) is 0. The number of nitrogens with two attached hydrogens (primary N) is 1. The molecular formula is C15H14BrFN2O. The number of rotatable bonds is 3. The van der Waals surface area contributed by atoms with Crippen molar-refractivity contribution in [2.75, 3.05) is 5.73 Å². The molecule has 3 N–H and O–H groups in total. The normalized spacial score (nSPS) is 11.9. The lowest BCUT2D eigenvalue weighted by atomic mass is 10.1. The van der Waals surface area contributed by atoms with E-state index in [1.54, 1.807) is 37.3 Å². The summed E-state index contributed by atoms with van der Waals surface area (Å²) < 4.78 is 13.9. The minimum Gasteiger partial charge on any atom is -0.398 e. The van der Waals surface area contributed by atoms with E-state index in [0.29, 0.717) is 16.8 Å². The van der Waals surface area contributed by atoms with E-state index in [4.69, 9.17) is 5.73 Å². The van der Waals surface area contributed by atoms with E-state index in [-0.39, 0.29) is 17.8 Å². The molecule has 0 aliphatic heterocycles. The Morgan fingerprint density at radius 3 is 2.75 bits per heavy atom. The molecule has 0 fully saturated rings. The zero-order chi connectivity index (χ0) is 14.7. The maximum atomic E-state index is 13.2. The van der Waals surface area contributed by atoms with Gasteiger partial charge in [0.25, 0.3) is 5.91 Å². The first kappa shape index (κ1) is 14.5. The molecule has 2 rings (SSSR count). The molecule has 0 radical (unpaired) electrons. The number of anilines is 1. The standard InChI is InChI=1S/C15H14BrFN2O/c1-9(10-3-2-4-12(17)7-10)19-15(20)13-8-11(16)5-6-14(13)18/h2-9H,18H2,1H3,(H,19,20)/t9-/m1/s1. The molecule has 2 aromatic rings. The molecular weight excluding hydrogens is 323 g/mol. The van der Waals surface area contributed by atoms with E-state index in [2.05, 4.69) is 21.2 Å². The smallest absolute Gasteiger partial charge is 0.253 e. The zero-order valence-electron chi connectivity index (χ0n) is 10.9. The molecule has 0 aromatic heterocycles. The average molecular weight is 337 g/mol. The number of carbonyl (C=O) groups excluding carboxylic acids is 1. The molecule has 0 spiro atoms. The summed E-state index contributed by atoms with van der Waals surface area (Å²) in [5.74, 6) is -0.619. The Morgan fingerprint density at radius 1 is 1.30 bits per heavy atom. The lowest BCUT2D eigenvalue weighted by Gasteiger charge is -2.15. The molecule has 1 amide bonds. The van der Waals surface area contributed by atoms with Crippen LogP contribution in [0, 0.1) is 5.82 Å². The van der Waals surface area contributed by atoms with Gasteiger partial charge in [0.2, 0.25) is 0 Å². The third-order valence-corrected chi connectivity index (χ3v) is 3.45. The van der Waals surface area contributed by atoms with Gasteiger partial charge >= 0.3 is 0 Å². The van der Waals surface area contributed by atoms with Gasteiger partial charge in [-0.1, -0.05) is 28.1 Å². The molecule has 5 heteroatoms. The van der Waals surface area contributed by atoms with Gasteiger partial charge in [-0.05, 0) is 42.8 Å². The van der Waals surface area contributed by atoms with Crippen LogP contribution < -0.4 is 11.1 Å². The van der Waals surface area contributed by atoms with E-state index in [1.807, 2.05) is 0 Å². The van der Waals surface area contributed by atoms with Crippen LogP contribution in [-0.4, -0.2) is 5.91 Å². The van der Waals surface area contributed by atoms with Gasteiger partial charge in [-0.15, -0.1) is 0 Å². The van der Waals surface area contributed by atoms with Crippen LogP contribution >= 0.6 is 15.9 Å². The summed E-state index contributed by atoms with van der Waals surface area (Å²) in [4.78, 5) is 12.2. The highest BCUT2D eigenvalue weighted by molar-refractivity contribution is 9.10. The van der Waals surface area contributed by atoms with Gasteiger partial charge in [-0.25, -0.2) is 4.39 Å². The van der Waals surface area contributed by atoms with Crippen molar-refractivity contribution in [2.24, 2.45) is 0 Å². The maximum Gasteiger partial charge on any atom is 0.253 e. The van der Waals surface area contributed by atoms with E-state index >= 15 is 0 Å². The van der Waals surface area contributed by atoms with Gasteiger partial charge in [0.1, 0.15) is 5.82 Å². The van der Waals surface area contributed by atoms with Crippen LogP contribution in [-0.2, 0) is 0 Å². The third-order valence-electron chi connectivity index (χ3n) is 2.96. The Morgan fingerprint density at radius 2 is 2.05 bits per heavy atom. The topological polar surface area (TPSA) is 55.1 Å². The van der Waals surface area contributed by atoms with Gasteiger partial charge in [-0.2, -0.15) is 0 Å². The second kappa shape index (κ2) is 6.05. The van der Waals surface area contributed by atoms with Crippen molar-refractivity contribution in [2.45, 2.75) is 13.0 Å². The number of nitrogen functional groups attached to an aromatic ring is 1. The minimum absolute atomic E-state index is 0.291. The average Bonchev–Trinajstić information content (AvgIpc) is 2.41. The van der Waals surface area contributed by atoms with Crippen LogP contribution in [0.3, 0.4) is 0 Å². The lowest BCUT2D eigenvalue weighted by molar-refractivity contribution is 0.0940. The number of benzene rings is 2. The van der Waals surface area contributed by atoms with Gasteiger partial charge in [0.15, 0.2) is 0 Å². The third kappa shape index (κ3) is 3.36. The molecule has 0 saturated carbocycles. The van der Waals surface area contributed by atoms with Crippen molar-refractivity contribution >= 4 is 27.5 Å². The number of amides is 1. The number of carbonyl (C=O) groups is 1. The van der Waals surface area contributed by atoms with Crippen molar-refractivity contribution in [3.63, 3.8) is 0 Å². The fraction of sp³-hybridized carbons (Fsp3) is 0.133. The highest BCUT2D eigenvalue weighted by Crippen LogP contribution is 2.20. The molecule has 0 unspecified atom stereocenters. The van der Waals surface area contributed by atoms with E-state index in [0.717, 1.165) is 4.47 Å². The van der Waals surface area contributed by atoms with Crippen molar-refractivity contribution in [1.29, 1.82) is 0 Å². The number of halogens is 2. The van der Waals surface area contributed by atoms with Crippen molar-refractivity contribution in [1.82, 2.24) is 5.32 Å². The summed E-state index contributed by atoms with van der Waals surface area (Å²) in [6.07, 6.45) is 0. The molecule has 0 aliphatic carbocycles. The molecule has 3 nitrogen and oxygen atoms in total. The second-order valence-corrected chi connectivity index (χ2v) is 5.40. The van der Waals surface area contributed by atoms with Crippen LogP contribution in [0.1, 0.15) is 28.9 Å². The predicted molar refractivity (Wildman–Crippen MR) is 80.8 cm³/mol. The summed E-state index contributed by atoms with van der Waals surface area (Å²) in [5.41, 5.74) is 7.28. The monoisotopic (exact) mass is 336 g/mol. The van der Waals surface area contributed by atoms with Gasteiger partial charge in [0.05, 0.1) is 11.6 Å². The fourth-order valence-electron chi connectivity index (χ4n) is 1.86. The van der Waals surface area contributed by atoms with Crippen LogP contribution in [0.5, 0.6) is 0 Å². The molecule has 2 aromatic carbocycles. The van der Waals surface area contributed by atoms with E-state index in [9.17, 15) is 9.18 Å². The lowest BCUT2D eigenvalue weighted by Crippen LogP contribution is -2.27. The van der Waals surface area contributed by atoms with Crippen molar-refractivity contribution in [3.8, 4) is 0 Å². The molecule has 0 aliphatic rings. The van der Waals surface area contributed by atoms with E-state index < -0.39 is 0 Å². The highest BCUT2D eigenvalue weighted by atomic mass is 79.9. The molecule has 20 heavy (non-hydrogen) atoms. The number of hydrogen-bond donors (Lipinski definition) is 2. The second-order valence-electron chi connectivity index (χ2n) is 4.48. The van der Waals surface area contributed by atoms with E-state index in [1.165, 1.54) is 12.1 Å². The highest BCUT2D eigenvalue weighted by Gasteiger charge is 2.14. The van der Waals surface area contributed by atoms with Crippen LogP contribution in [0.4, 0.5) is 10.1 Å². The predicted octanol–water partition coefficient (Wildman–Crippen LogP) is 3.66. The molecule has 0 saturated heterocycles. The summed E-state index contributed by atoms with van der Waals surface area (Å²) in [5, 5.41) is 2.80. The van der Waals surface area contributed by atoms with Crippen LogP contribution in [0.25, 0.3) is 0 Å². The first-order valence-electron chi connectivity index (χ1n) is 6.08. The molecule has 0 heterocycles. The quantitative estimate of drug-likeness (QED) is 0.840. The van der Waals surface area contributed by atoms with Gasteiger partial charge in [-0.3, -0.25) is 4.79 Å². The Hall–Kier alpha value is -1.88. The fourth-order valence-corrected chi connectivity index (χ4v) is 2.22. The Bertz CT molecular complexity index is 646. The summed E-state index contributed by atoms with van der Waals surface area (Å²) >= 11 is 3.30. The Labute approximate surface area is 125 Å². The first-order chi connectivity index (χ1) is 9.47. The van der Waals surface area contributed by atoms with Crippen LogP contribution in [0.15, 0.2) is 46.9 Å². The first-order valence-corrected chi connectivity index (χ1v) is 6.88.